The fraction of sp³-hybridized carbons (Fsp3) is 0.333. The second kappa shape index (κ2) is 5.21. The van der Waals surface area contributed by atoms with Gasteiger partial charge in [-0.05, 0) is 25.1 Å². The van der Waals surface area contributed by atoms with Crippen LogP contribution in [0, 0.1) is 0 Å². The first-order valence-corrected chi connectivity index (χ1v) is 4.87. The van der Waals surface area contributed by atoms with Crippen LogP contribution in [0.25, 0.3) is 0 Å². The number of hydrogen-bond acceptors (Lipinski definition) is 3. The van der Waals surface area contributed by atoms with E-state index in [-0.39, 0.29) is 6.10 Å². The van der Waals surface area contributed by atoms with Gasteiger partial charge in [-0.25, -0.2) is 0 Å². The fourth-order valence-corrected chi connectivity index (χ4v) is 1.36. The Balaban J connectivity index is 2.53. The van der Waals surface area contributed by atoms with Gasteiger partial charge in [0, 0.05) is 11.0 Å². The number of halogens is 1. The number of hydrazine groups is 1. The molecule has 0 aliphatic heterocycles. The van der Waals surface area contributed by atoms with E-state index in [0.29, 0.717) is 6.54 Å². The number of nitrogens with one attached hydrogen (secondary N) is 1. The van der Waals surface area contributed by atoms with E-state index >= 15 is 0 Å². The molecule has 0 heterocycles. The van der Waals surface area contributed by atoms with Gasteiger partial charge in [-0.2, -0.15) is 0 Å². The maximum absolute atomic E-state index is 5.56. The molecule has 0 amide bonds. The first-order valence-electron chi connectivity index (χ1n) is 4.08. The Labute approximate surface area is 86.4 Å². The molecule has 0 fully saturated rings. The smallest absolute Gasteiger partial charge is 0.120 e. The Morgan fingerprint density at radius 2 is 2.38 bits per heavy atom. The van der Waals surface area contributed by atoms with E-state index in [4.69, 9.17) is 10.6 Å². The van der Waals surface area contributed by atoms with Gasteiger partial charge >= 0.3 is 0 Å². The molecule has 3 N–H and O–H groups in total. The molecule has 0 radical (unpaired) electrons. The highest BCUT2D eigenvalue weighted by atomic mass is 79.9. The standard InChI is InChI=1S/C9H13BrN2O/c1-7(6-12-11)13-9-4-2-3-8(10)5-9/h2-5,7,12H,6,11H2,1H3. The summed E-state index contributed by atoms with van der Waals surface area (Å²) in [4.78, 5) is 0. The zero-order valence-corrected chi connectivity index (χ0v) is 9.04. The van der Waals surface area contributed by atoms with Crippen LogP contribution in [0.5, 0.6) is 5.75 Å². The van der Waals surface area contributed by atoms with Gasteiger partial charge in [-0.3, -0.25) is 11.3 Å². The summed E-state index contributed by atoms with van der Waals surface area (Å²) < 4.78 is 6.58. The van der Waals surface area contributed by atoms with Crippen molar-refractivity contribution in [2.75, 3.05) is 6.54 Å². The van der Waals surface area contributed by atoms with E-state index in [0.717, 1.165) is 10.2 Å². The highest BCUT2D eigenvalue weighted by Crippen LogP contribution is 2.18. The van der Waals surface area contributed by atoms with Crippen molar-refractivity contribution < 1.29 is 4.74 Å². The van der Waals surface area contributed by atoms with Crippen molar-refractivity contribution in [3.63, 3.8) is 0 Å². The third-order valence-electron chi connectivity index (χ3n) is 1.54. The maximum atomic E-state index is 5.56. The summed E-state index contributed by atoms with van der Waals surface area (Å²) in [7, 11) is 0. The van der Waals surface area contributed by atoms with Gasteiger partial charge in [0.25, 0.3) is 0 Å². The minimum atomic E-state index is 0.0688. The summed E-state index contributed by atoms with van der Waals surface area (Å²) in [6.07, 6.45) is 0.0688. The zero-order valence-electron chi connectivity index (χ0n) is 7.46. The van der Waals surface area contributed by atoms with Gasteiger partial charge < -0.3 is 4.74 Å². The fourth-order valence-electron chi connectivity index (χ4n) is 0.980. The highest BCUT2D eigenvalue weighted by molar-refractivity contribution is 9.10. The molecule has 72 valence electrons. The van der Waals surface area contributed by atoms with Crippen molar-refractivity contribution in [3.05, 3.63) is 28.7 Å². The topological polar surface area (TPSA) is 47.3 Å². The van der Waals surface area contributed by atoms with E-state index in [9.17, 15) is 0 Å². The Kier molecular flexibility index (Phi) is 4.21. The average molecular weight is 245 g/mol. The summed E-state index contributed by atoms with van der Waals surface area (Å²) in [5.41, 5.74) is 2.57. The molecule has 0 aliphatic carbocycles. The Hall–Kier alpha value is -0.580. The summed E-state index contributed by atoms with van der Waals surface area (Å²) >= 11 is 3.37. The molecule has 1 atom stereocenters. The molecule has 3 nitrogen and oxygen atoms in total. The van der Waals surface area contributed by atoms with Gasteiger partial charge in [0.1, 0.15) is 11.9 Å². The molecular formula is C9H13BrN2O. The number of ether oxygens (including phenoxy) is 1. The predicted molar refractivity (Wildman–Crippen MR) is 56.4 cm³/mol. The number of hydrogen-bond donors (Lipinski definition) is 2. The molecule has 0 spiro atoms. The molecule has 4 heteroatoms. The Morgan fingerprint density at radius 3 is 3.00 bits per heavy atom. The minimum Gasteiger partial charge on any atom is -0.489 e. The number of rotatable bonds is 4. The Bertz CT molecular complexity index is 268. The lowest BCUT2D eigenvalue weighted by Gasteiger charge is -2.13. The molecule has 0 aliphatic rings. The summed E-state index contributed by atoms with van der Waals surface area (Å²) in [5.74, 6) is 6.02. The molecule has 1 rings (SSSR count). The molecule has 13 heavy (non-hydrogen) atoms. The quantitative estimate of drug-likeness (QED) is 0.626. The van der Waals surface area contributed by atoms with Crippen LogP contribution >= 0.6 is 15.9 Å². The summed E-state index contributed by atoms with van der Waals surface area (Å²) in [5, 5.41) is 0. The van der Waals surface area contributed by atoms with Crippen molar-refractivity contribution in [1.29, 1.82) is 0 Å². The van der Waals surface area contributed by atoms with Gasteiger partial charge in [-0.1, -0.05) is 22.0 Å². The van der Waals surface area contributed by atoms with E-state index in [1.165, 1.54) is 0 Å². The van der Waals surface area contributed by atoms with E-state index in [1.807, 2.05) is 31.2 Å². The van der Waals surface area contributed by atoms with Gasteiger partial charge in [0.2, 0.25) is 0 Å². The van der Waals surface area contributed by atoms with Crippen molar-refractivity contribution in [2.45, 2.75) is 13.0 Å². The first-order chi connectivity index (χ1) is 6.22. The van der Waals surface area contributed by atoms with E-state index in [2.05, 4.69) is 21.4 Å². The lowest BCUT2D eigenvalue weighted by atomic mass is 10.3. The van der Waals surface area contributed by atoms with Crippen molar-refractivity contribution in [1.82, 2.24) is 5.43 Å². The van der Waals surface area contributed by atoms with Crippen LogP contribution < -0.4 is 16.0 Å². The molecule has 0 aromatic heterocycles. The summed E-state index contributed by atoms with van der Waals surface area (Å²) in [6.45, 7) is 2.59. The largest absolute Gasteiger partial charge is 0.489 e. The van der Waals surface area contributed by atoms with Crippen molar-refractivity contribution >= 4 is 15.9 Å². The molecule has 1 aromatic rings. The molecular weight excluding hydrogens is 232 g/mol. The third kappa shape index (κ3) is 3.76. The minimum absolute atomic E-state index is 0.0688. The third-order valence-corrected chi connectivity index (χ3v) is 2.03. The normalized spacial score (nSPS) is 12.5. The van der Waals surface area contributed by atoms with Crippen molar-refractivity contribution in [2.24, 2.45) is 5.84 Å². The van der Waals surface area contributed by atoms with E-state index in [1.54, 1.807) is 0 Å². The first kappa shape index (κ1) is 10.5. The molecule has 1 aromatic carbocycles. The van der Waals surface area contributed by atoms with Crippen LogP contribution in [0.3, 0.4) is 0 Å². The molecule has 0 bridgehead atoms. The molecule has 0 saturated heterocycles. The van der Waals surface area contributed by atoms with Gasteiger partial charge in [0.15, 0.2) is 0 Å². The Morgan fingerprint density at radius 1 is 1.62 bits per heavy atom. The van der Waals surface area contributed by atoms with Crippen LogP contribution in [0.2, 0.25) is 0 Å². The molecule has 0 saturated carbocycles. The predicted octanol–water partition coefficient (Wildman–Crippen LogP) is 1.68. The highest BCUT2D eigenvalue weighted by Gasteiger charge is 2.02. The van der Waals surface area contributed by atoms with E-state index < -0.39 is 0 Å². The van der Waals surface area contributed by atoms with Crippen LogP contribution in [-0.2, 0) is 0 Å². The van der Waals surface area contributed by atoms with Gasteiger partial charge in [-0.15, -0.1) is 0 Å². The summed E-state index contributed by atoms with van der Waals surface area (Å²) in [6, 6.07) is 7.73. The second-order valence-electron chi connectivity index (χ2n) is 2.79. The SMILES string of the molecule is CC(CNN)Oc1cccc(Br)c1. The number of benzene rings is 1. The zero-order chi connectivity index (χ0) is 9.68. The molecule has 1 unspecified atom stereocenters. The number of nitrogens with two attached hydrogens (primary N) is 1. The lowest BCUT2D eigenvalue weighted by Crippen LogP contribution is -2.33. The van der Waals surface area contributed by atoms with Crippen LogP contribution in [0.4, 0.5) is 0 Å². The second-order valence-corrected chi connectivity index (χ2v) is 3.71. The maximum Gasteiger partial charge on any atom is 0.120 e. The average Bonchev–Trinajstić information content (AvgIpc) is 2.04. The van der Waals surface area contributed by atoms with Crippen LogP contribution in [-0.4, -0.2) is 12.6 Å². The monoisotopic (exact) mass is 244 g/mol. The van der Waals surface area contributed by atoms with Gasteiger partial charge in [0.05, 0.1) is 0 Å². The van der Waals surface area contributed by atoms with Crippen LogP contribution in [0.1, 0.15) is 6.92 Å². The van der Waals surface area contributed by atoms with Crippen molar-refractivity contribution in [3.8, 4) is 5.75 Å². The van der Waals surface area contributed by atoms with Crippen LogP contribution in [0.15, 0.2) is 28.7 Å². The lowest BCUT2D eigenvalue weighted by molar-refractivity contribution is 0.218.